The van der Waals surface area contributed by atoms with Crippen LogP contribution < -0.4 is 5.32 Å². The molecule has 0 aliphatic heterocycles. The van der Waals surface area contributed by atoms with Crippen molar-refractivity contribution in [2.24, 2.45) is 0 Å². The third-order valence-corrected chi connectivity index (χ3v) is 4.31. The van der Waals surface area contributed by atoms with E-state index in [9.17, 15) is 13.9 Å². The zero-order valence-corrected chi connectivity index (χ0v) is 12.8. The number of aliphatic hydroxyl groups is 1. The molecule has 114 valence electrons. The predicted octanol–water partition coefficient (Wildman–Crippen LogP) is 3.20. The Hall–Kier alpha value is -1.37. The van der Waals surface area contributed by atoms with E-state index in [-0.39, 0.29) is 6.04 Å². The Morgan fingerprint density at radius 1 is 1.33 bits per heavy atom. The Labute approximate surface area is 126 Å². The van der Waals surface area contributed by atoms with Crippen molar-refractivity contribution >= 4 is 11.3 Å². The lowest BCUT2D eigenvalue weighted by molar-refractivity contribution is 0.134. The van der Waals surface area contributed by atoms with Gasteiger partial charge < -0.3 is 10.4 Å². The summed E-state index contributed by atoms with van der Waals surface area (Å²) >= 11 is 1.60. The van der Waals surface area contributed by atoms with Crippen LogP contribution in [-0.4, -0.2) is 16.1 Å². The Balaban J connectivity index is 1.95. The first-order chi connectivity index (χ1) is 10.0. The Morgan fingerprint density at radius 2 is 2.10 bits per heavy atom. The lowest BCUT2D eigenvalue weighted by Gasteiger charge is -2.20. The highest BCUT2D eigenvalue weighted by molar-refractivity contribution is 7.09. The monoisotopic (exact) mass is 312 g/mol. The maximum atomic E-state index is 13.2. The molecule has 2 unspecified atom stereocenters. The van der Waals surface area contributed by atoms with Crippen LogP contribution in [0.4, 0.5) is 8.78 Å². The summed E-state index contributed by atoms with van der Waals surface area (Å²) in [5, 5.41) is 16.4. The number of nitrogens with zero attached hydrogens (tertiary/aromatic N) is 1. The van der Waals surface area contributed by atoms with E-state index in [0.717, 1.165) is 29.3 Å². The number of halogens is 2. The van der Waals surface area contributed by atoms with E-state index in [4.69, 9.17) is 0 Å². The molecular formula is C15H18F2N2OS. The third kappa shape index (κ3) is 4.06. The normalized spacial score (nSPS) is 14.1. The number of aliphatic hydroxyl groups excluding tert-OH is 1. The summed E-state index contributed by atoms with van der Waals surface area (Å²) in [5.41, 5.74) is 1.27. The minimum absolute atomic E-state index is 0.304. The lowest BCUT2D eigenvalue weighted by Crippen LogP contribution is -2.31. The average Bonchev–Trinajstić information content (AvgIpc) is 2.95. The molecule has 0 aliphatic rings. The Bertz CT molecular complexity index is 603. The van der Waals surface area contributed by atoms with Crippen molar-refractivity contribution in [3.63, 3.8) is 0 Å². The van der Waals surface area contributed by atoms with Crippen LogP contribution in [0.25, 0.3) is 0 Å². The molecule has 0 bridgehead atoms. The highest BCUT2D eigenvalue weighted by Crippen LogP contribution is 2.20. The number of aryl methyl sites for hydroxylation is 1. The Morgan fingerprint density at radius 3 is 2.71 bits per heavy atom. The number of hydrogen-bond donors (Lipinski definition) is 2. The van der Waals surface area contributed by atoms with Crippen LogP contribution >= 0.6 is 11.3 Å². The van der Waals surface area contributed by atoms with Crippen LogP contribution in [0.3, 0.4) is 0 Å². The smallest absolute Gasteiger partial charge is 0.159 e. The van der Waals surface area contributed by atoms with E-state index in [2.05, 4.69) is 10.3 Å². The maximum Gasteiger partial charge on any atom is 0.159 e. The van der Waals surface area contributed by atoms with Gasteiger partial charge in [-0.3, -0.25) is 0 Å². The molecule has 21 heavy (non-hydrogen) atoms. The van der Waals surface area contributed by atoms with Gasteiger partial charge in [-0.25, -0.2) is 13.8 Å². The first-order valence-corrected chi connectivity index (χ1v) is 7.69. The fraction of sp³-hybridized carbons (Fsp3) is 0.400. The van der Waals surface area contributed by atoms with E-state index in [0.29, 0.717) is 12.1 Å². The van der Waals surface area contributed by atoms with Gasteiger partial charge in [-0.05, 0) is 31.0 Å². The van der Waals surface area contributed by atoms with E-state index in [1.54, 1.807) is 18.3 Å². The summed E-state index contributed by atoms with van der Waals surface area (Å²) in [7, 11) is 0. The van der Waals surface area contributed by atoms with Gasteiger partial charge in [0.05, 0.1) is 16.8 Å². The van der Waals surface area contributed by atoms with Crippen molar-refractivity contribution in [2.75, 3.05) is 0 Å². The molecule has 1 heterocycles. The number of rotatable bonds is 6. The molecule has 0 fully saturated rings. The van der Waals surface area contributed by atoms with Crippen molar-refractivity contribution < 1.29 is 13.9 Å². The van der Waals surface area contributed by atoms with Crippen LogP contribution in [0.15, 0.2) is 23.6 Å². The fourth-order valence-electron chi connectivity index (χ4n) is 1.95. The van der Waals surface area contributed by atoms with E-state index >= 15 is 0 Å². The number of nitrogens with one attached hydrogen (secondary N) is 1. The largest absolute Gasteiger partial charge is 0.387 e. The topological polar surface area (TPSA) is 45.2 Å². The van der Waals surface area contributed by atoms with Crippen molar-refractivity contribution in [2.45, 2.75) is 39.0 Å². The highest BCUT2D eigenvalue weighted by Gasteiger charge is 2.18. The van der Waals surface area contributed by atoms with Gasteiger partial charge >= 0.3 is 0 Å². The van der Waals surface area contributed by atoms with Gasteiger partial charge in [-0.1, -0.05) is 13.0 Å². The van der Waals surface area contributed by atoms with Gasteiger partial charge in [-0.15, -0.1) is 11.3 Å². The van der Waals surface area contributed by atoms with Gasteiger partial charge in [0, 0.05) is 18.0 Å². The number of thiazole rings is 1. The van der Waals surface area contributed by atoms with Crippen LogP contribution in [0, 0.1) is 11.6 Å². The zero-order chi connectivity index (χ0) is 15.4. The molecule has 0 radical (unpaired) electrons. The second kappa shape index (κ2) is 7.06. The molecule has 0 aliphatic carbocycles. The van der Waals surface area contributed by atoms with Crippen molar-refractivity contribution in [3.8, 4) is 0 Å². The van der Waals surface area contributed by atoms with Gasteiger partial charge in [0.15, 0.2) is 11.6 Å². The molecule has 1 aromatic heterocycles. The van der Waals surface area contributed by atoms with E-state index in [1.807, 2.05) is 12.3 Å². The van der Waals surface area contributed by atoms with Crippen LogP contribution in [0.1, 0.15) is 36.2 Å². The van der Waals surface area contributed by atoms with Crippen molar-refractivity contribution in [1.82, 2.24) is 10.3 Å². The maximum absolute atomic E-state index is 13.2. The molecule has 0 saturated heterocycles. The summed E-state index contributed by atoms with van der Waals surface area (Å²) in [6.07, 6.45) is -0.0121. The highest BCUT2D eigenvalue weighted by atomic mass is 32.1. The second-order valence-electron chi connectivity index (χ2n) is 4.87. The van der Waals surface area contributed by atoms with Crippen molar-refractivity contribution in [1.29, 1.82) is 0 Å². The summed E-state index contributed by atoms with van der Waals surface area (Å²) in [6.45, 7) is 4.36. The molecule has 0 saturated carbocycles. The molecule has 0 amide bonds. The minimum atomic E-state index is -0.953. The van der Waals surface area contributed by atoms with Gasteiger partial charge in [0.1, 0.15) is 0 Å². The summed E-state index contributed by atoms with van der Waals surface area (Å²) in [6, 6.07) is 3.13. The number of aromatic nitrogens is 1. The second-order valence-corrected chi connectivity index (χ2v) is 5.82. The van der Waals surface area contributed by atoms with Crippen molar-refractivity contribution in [3.05, 3.63) is 51.5 Å². The minimum Gasteiger partial charge on any atom is -0.387 e. The first-order valence-electron chi connectivity index (χ1n) is 6.81. The molecule has 2 N–H and O–H groups in total. The lowest BCUT2D eigenvalue weighted by atomic mass is 10.0. The molecule has 3 nitrogen and oxygen atoms in total. The molecule has 6 heteroatoms. The first kappa shape index (κ1) is 16.0. The molecular weight excluding hydrogens is 294 g/mol. The fourth-order valence-corrected chi connectivity index (χ4v) is 2.70. The van der Waals surface area contributed by atoms with Gasteiger partial charge in [-0.2, -0.15) is 0 Å². The average molecular weight is 312 g/mol. The van der Waals surface area contributed by atoms with Crippen LogP contribution in [-0.2, 0) is 13.0 Å². The third-order valence-electron chi connectivity index (χ3n) is 3.27. The van der Waals surface area contributed by atoms with Gasteiger partial charge in [0.25, 0.3) is 0 Å². The van der Waals surface area contributed by atoms with E-state index in [1.165, 1.54) is 6.07 Å². The van der Waals surface area contributed by atoms with Crippen LogP contribution in [0.2, 0.25) is 0 Å². The Kier molecular flexibility index (Phi) is 5.39. The summed E-state index contributed by atoms with van der Waals surface area (Å²) in [5.74, 6) is -1.87. The standard InChI is InChI=1S/C15H18F2N2OS/c1-3-14-19-11(8-21-14)7-18-9(2)15(20)10-4-5-12(16)13(17)6-10/h4-6,8-9,15,18,20H,3,7H2,1-2H3. The molecule has 2 rings (SSSR count). The van der Waals surface area contributed by atoms with Crippen LogP contribution in [0.5, 0.6) is 0 Å². The number of hydrogen-bond acceptors (Lipinski definition) is 4. The SMILES string of the molecule is CCc1nc(CNC(C)C(O)c2ccc(F)c(F)c2)cs1. The summed E-state index contributed by atoms with van der Waals surface area (Å²) in [4.78, 5) is 4.42. The molecule has 2 atom stereocenters. The quantitative estimate of drug-likeness (QED) is 0.861. The molecule has 0 spiro atoms. The van der Waals surface area contributed by atoms with E-state index < -0.39 is 17.7 Å². The zero-order valence-electron chi connectivity index (χ0n) is 11.9. The van der Waals surface area contributed by atoms with Gasteiger partial charge in [0.2, 0.25) is 0 Å². The summed E-state index contributed by atoms with van der Waals surface area (Å²) < 4.78 is 26.1. The molecule has 1 aromatic carbocycles. The molecule has 2 aromatic rings. The number of benzene rings is 1. The predicted molar refractivity (Wildman–Crippen MR) is 79.1 cm³/mol.